The summed E-state index contributed by atoms with van der Waals surface area (Å²) in [6.45, 7) is 15.6. The number of H-pyrrole nitrogens is 2. The molecule has 0 radical (unpaired) electrons. The van der Waals surface area contributed by atoms with Crippen molar-refractivity contribution in [3.8, 4) is 11.5 Å². The highest BCUT2D eigenvalue weighted by molar-refractivity contribution is 6.74. The zero-order valence-electron chi connectivity index (χ0n) is 41.1. The van der Waals surface area contributed by atoms with Crippen molar-refractivity contribution in [1.82, 2.24) is 24.2 Å². The minimum absolute atomic E-state index is 0.0436. The number of hydrogen-bond acceptors (Lipinski definition) is 13. The van der Waals surface area contributed by atoms with E-state index in [4.69, 9.17) is 32.9 Å². The maximum absolute atomic E-state index is 13.4. The van der Waals surface area contributed by atoms with Crippen molar-refractivity contribution >= 4 is 14.3 Å². The number of carbonyl (C=O) groups is 1. The standard InChI is InChI=1S/C51H65N5O12Si/c1-32-28-55(48(60)52-46(32)58)44-26-35(43(66-44)31-64-51(36-14-12-11-13-15-36,37-16-20-39(62-7)21-17-37)38-18-22-40(63-8)23-19-38)24-25-54(67-34(3)57)30-42-41(68-69(9,10)50(4,5)6)27-45(65-42)56-29-33(2)47(59)53-49(56)61/h11-23,28-29,35,41-45H,24-27,30-31H2,1-10H3,(H,52,58,60)(H,53,59,61)/t35-,41-,42+,43+,44+,45+/m0/s1. The summed E-state index contributed by atoms with van der Waals surface area (Å²) >= 11 is 0. The van der Waals surface area contributed by atoms with Crippen LogP contribution < -0.4 is 32.0 Å². The van der Waals surface area contributed by atoms with Gasteiger partial charge < -0.3 is 32.9 Å². The van der Waals surface area contributed by atoms with Gasteiger partial charge in [0.2, 0.25) is 0 Å². The molecule has 18 heteroatoms. The van der Waals surface area contributed by atoms with E-state index >= 15 is 0 Å². The first-order valence-corrected chi connectivity index (χ1v) is 26.2. The van der Waals surface area contributed by atoms with Crippen LogP contribution in [-0.4, -0.2) is 90.7 Å². The van der Waals surface area contributed by atoms with E-state index in [0.717, 1.165) is 16.7 Å². The fourth-order valence-electron chi connectivity index (χ4n) is 8.90. The average molecular weight is 968 g/mol. The molecule has 370 valence electrons. The number of nitrogens with zero attached hydrogens (tertiary/aromatic N) is 3. The summed E-state index contributed by atoms with van der Waals surface area (Å²) in [7, 11) is 0.814. The summed E-state index contributed by atoms with van der Waals surface area (Å²) in [5.41, 5.74) is -0.148. The van der Waals surface area contributed by atoms with Crippen LogP contribution in [0.5, 0.6) is 11.5 Å². The third-order valence-electron chi connectivity index (χ3n) is 13.7. The SMILES string of the molecule is COc1ccc(C(OC[C@H]2O[C@@H](n3cc(C)c(=O)[nH]c3=O)C[C@@H]2CCN(C[C@H]2O[C@@H](n3cc(C)c(=O)[nH]c3=O)C[C@@H]2O[Si](C)(C)C(C)(C)C)OC(C)=O)(c2ccccc2)c2ccc(OC)cc2)cc1. The molecule has 17 nitrogen and oxygen atoms in total. The van der Waals surface area contributed by atoms with Gasteiger partial charge in [0.05, 0.1) is 39.6 Å². The molecule has 3 aromatic carbocycles. The molecule has 0 saturated carbocycles. The number of nitrogens with one attached hydrogen (secondary N) is 2. The molecule has 2 aliphatic rings. The van der Waals surface area contributed by atoms with E-state index < -0.39 is 73.2 Å². The number of rotatable bonds is 18. The van der Waals surface area contributed by atoms with Gasteiger partial charge in [0.15, 0.2) is 8.32 Å². The van der Waals surface area contributed by atoms with E-state index in [9.17, 15) is 24.0 Å². The van der Waals surface area contributed by atoms with E-state index in [-0.39, 0.29) is 30.7 Å². The second-order valence-electron chi connectivity index (χ2n) is 19.4. The molecule has 6 atom stereocenters. The van der Waals surface area contributed by atoms with Gasteiger partial charge in [0, 0.05) is 43.4 Å². The van der Waals surface area contributed by atoms with Gasteiger partial charge in [-0.25, -0.2) is 9.59 Å². The van der Waals surface area contributed by atoms with Crippen molar-refractivity contribution in [1.29, 1.82) is 0 Å². The predicted octanol–water partition coefficient (Wildman–Crippen LogP) is 6.48. The molecule has 0 amide bonds. The molecular formula is C51H65N5O12Si. The summed E-state index contributed by atoms with van der Waals surface area (Å²) < 4.78 is 41.6. The van der Waals surface area contributed by atoms with Crippen LogP contribution in [0.1, 0.15) is 87.2 Å². The Balaban J connectivity index is 1.23. The van der Waals surface area contributed by atoms with Crippen LogP contribution in [0.3, 0.4) is 0 Å². The Labute approximate surface area is 402 Å². The highest BCUT2D eigenvalue weighted by Crippen LogP contribution is 2.45. The van der Waals surface area contributed by atoms with Crippen LogP contribution in [-0.2, 0) is 33.9 Å². The summed E-state index contributed by atoms with van der Waals surface area (Å²) in [5, 5.41) is 1.40. The van der Waals surface area contributed by atoms with Crippen LogP contribution in [0, 0.1) is 19.8 Å². The minimum atomic E-state index is -2.41. The molecular weight excluding hydrogens is 903 g/mol. The molecule has 2 fully saturated rings. The fourth-order valence-corrected chi connectivity index (χ4v) is 10.3. The first-order valence-electron chi connectivity index (χ1n) is 23.3. The topological polar surface area (TPSA) is 195 Å². The van der Waals surface area contributed by atoms with E-state index in [1.165, 1.54) is 28.5 Å². The van der Waals surface area contributed by atoms with Gasteiger partial charge in [-0.3, -0.25) is 33.5 Å². The van der Waals surface area contributed by atoms with Crippen molar-refractivity contribution < 1.29 is 37.7 Å². The van der Waals surface area contributed by atoms with Gasteiger partial charge in [0.25, 0.3) is 11.1 Å². The lowest BCUT2D eigenvalue weighted by Gasteiger charge is -2.39. The van der Waals surface area contributed by atoms with Gasteiger partial charge in [-0.05, 0) is 91.7 Å². The first kappa shape index (κ1) is 51.0. The number of benzene rings is 3. The first-order chi connectivity index (χ1) is 32.7. The third-order valence-corrected chi connectivity index (χ3v) is 18.2. The normalized spacial score (nSPS) is 20.9. The predicted molar refractivity (Wildman–Crippen MR) is 261 cm³/mol. The number of carbonyl (C=O) groups excluding carboxylic acids is 1. The molecule has 0 unspecified atom stereocenters. The second-order valence-corrected chi connectivity index (χ2v) is 24.2. The number of ether oxygens (including phenoxy) is 5. The zero-order chi connectivity index (χ0) is 49.8. The second kappa shape index (κ2) is 21.0. The minimum Gasteiger partial charge on any atom is -0.497 e. The van der Waals surface area contributed by atoms with Crippen LogP contribution >= 0.6 is 0 Å². The zero-order valence-corrected chi connectivity index (χ0v) is 42.1. The van der Waals surface area contributed by atoms with Crippen molar-refractivity contribution in [2.45, 2.75) is 115 Å². The molecule has 5 aromatic rings. The number of aromatic amines is 2. The molecule has 0 aliphatic carbocycles. The van der Waals surface area contributed by atoms with E-state index in [1.54, 1.807) is 33.1 Å². The van der Waals surface area contributed by atoms with Crippen molar-refractivity contribution in [3.05, 3.63) is 161 Å². The third kappa shape index (κ3) is 11.3. The lowest BCUT2D eigenvalue weighted by atomic mass is 9.80. The Hall–Kier alpha value is -5.89. The number of aromatic nitrogens is 4. The maximum atomic E-state index is 13.4. The molecule has 0 bridgehead atoms. The largest absolute Gasteiger partial charge is 0.497 e. The Kier molecular flexibility index (Phi) is 15.5. The molecule has 4 heterocycles. The molecule has 2 aromatic heterocycles. The highest BCUT2D eigenvalue weighted by Gasteiger charge is 2.47. The molecule has 0 spiro atoms. The molecule has 2 saturated heterocycles. The van der Waals surface area contributed by atoms with Crippen molar-refractivity contribution in [2.24, 2.45) is 5.92 Å². The van der Waals surface area contributed by atoms with E-state index in [1.807, 2.05) is 78.9 Å². The average Bonchev–Trinajstić information content (AvgIpc) is 3.90. The summed E-state index contributed by atoms with van der Waals surface area (Å²) in [4.78, 5) is 74.8. The van der Waals surface area contributed by atoms with E-state index in [0.29, 0.717) is 41.9 Å². The Morgan fingerprint density at radius 1 is 0.739 bits per heavy atom. The van der Waals surface area contributed by atoms with Gasteiger partial charge in [-0.2, -0.15) is 0 Å². The number of hydroxylamine groups is 2. The van der Waals surface area contributed by atoms with Gasteiger partial charge in [-0.15, -0.1) is 5.06 Å². The van der Waals surface area contributed by atoms with E-state index in [2.05, 4.69) is 43.8 Å². The number of hydrogen-bond donors (Lipinski definition) is 2. The van der Waals surface area contributed by atoms with Gasteiger partial charge >= 0.3 is 17.3 Å². The Bertz CT molecular complexity index is 2750. The molecule has 69 heavy (non-hydrogen) atoms. The fraction of sp³-hybridized carbons (Fsp3) is 0.471. The van der Waals surface area contributed by atoms with Crippen LogP contribution in [0.15, 0.2) is 110 Å². The lowest BCUT2D eigenvalue weighted by molar-refractivity contribution is -0.199. The quantitative estimate of drug-likeness (QED) is 0.0551. The highest BCUT2D eigenvalue weighted by atomic mass is 28.4. The number of methoxy groups -OCH3 is 2. The van der Waals surface area contributed by atoms with Crippen LogP contribution in [0.2, 0.25) is 18.1 Å². The van der Waals surface area contributed by atoms with Crippen molar-refractivity contribution in [3.63, 3.8) is 0 Å². The summed E-state index contributed by atoms with van der Waals surface area (Å²) in [6, 6.07) is 25.3. The van der Waals surface area contributed by atoms with Crippen molar-refractivity contribution in [2.75, 3.05) is 33.9 Å². The Morgan fingerprint density at radius 3 is 1.72 bits per heavy atom. The van der Waals surface area contributed by atoms with Gasteiger partial charge in [-0.1, -0.05) is 75.4 Å². The smallest absolute Gasteiger partial charge is 0.330 e. The molecule has 2 N–H and O–H groups in total. The molecule has 7 rings (SSSR count). The van der Waals surface area contributed by atoms with Crippen LogP contribution in [0.4, 0.5) is 0 Å². The maximum Gasteiger partial charge on any atom is 0.330 e. The van der Waals surface area contributed by atoms with Crippen LogP contribution in [0.25, 0.3) is 0 Å². The monoisotopic (exact) mass is 967 g/mol. The lowest BCUT2D eigenvalue weighted by Crippen LogP contribution is -2.48. The summed E-state index contributed by atoms with van der Waals surface area (Å²) in [6.07, 6.45) is 0.753. The molecule has 2 aliphatic heterocycles. The Morgan fingerprint density at radius 2 is 1.23 bits per heavy atom. The summed E-state index contributed by atoms with van der Waals surface area (Å²) in [5.74, 6) is 0.523. The van der Waals surface area contributed by atoms with Gasteiger partial charge in [0.1, 0.15) is 35.7 Å². The number of aryl methyl sites for hydroxylation is 2.